The van der Waals surface area contributed by atoms with Crippen LogP contribution in [0.4, 0.5) is 0 Å². The van der Waals surface area contributed by atoms with Gasteiger partial charge in [0.15, 0.2) is 0 Å². The van der Waals surface area contributed by atoms with Crippen LogP contribution in [-0.4, -0.2) is 32.3 Å². The van der Waals surface area contributed by atoms with Gasteiger partial charge in [-0.25, -0.2) is 5.84 Å². The molecule has 0 amide bonds. The molecular weight excluding hydrogens is 216 g/mol. The second-order valence-corrected chi connectivity index (χ2v) is 4.64. The van der Waals surface area contributed by atoms with E-state index in [1.807, 2.05) is 6.92 Å². The fraction of sp³-hybridized carbons (Fsp3) is 0.917. The van der Waals surface area contributed by atoms with E-state index in [9.17, 15) is 0 Å². The second kappa shape index (κ2) is 7.50. The largest absolute Gasteiger partial charge is 0.382 e. The van der Waals surface area contributed by atoms with Crippen LogP contribution in [0.3, 0.4) is 0 Å². The van der Waals surface area contributed by atoms with Crippen molar-refractivity contribution < 1.29 is 4.74 Å². The normalized spacial score (nSPS) is 17.9. The molecule has 0 radical (unpaired) electrons. The van der Waals surface area contributed by atoms with Crippen molar-refractivity contribution in [1.29, 1.82) is 0 Å². The minimum absolute atomic E-state index is 0.467. The topological polar surface area (TPSA) is 71.7 Å². The molecule has 0 bridgehead atoms. The number of hydrogen-bond acceptors (Lipinski definition) is 3. The molecule has 1 saturated carbocycles. The highest BCUT2D eigenvalue weighted by Gasteiger charge is 2.40. The summed E-state index contributed by atoms with van der Waals surface area (Å²) in [7, 11) is 0. The van der Waals surface area contributed by atoms with Crippen molar-refractivity contribution in [2.45, 2.75) is 39.5 Å². The summed E-state index contributed by atoms with van der Waals surface area (Å²) in [6.45, 7) is 7.49. The molecule has 4 N–H and O–H groups in total. The lowest BCUT2D eigenvalue weighted by Crippen LogP contribution is -2.42. The quantitative estimate of drug-likeness (QED) is 0.195. The molecule has 1 aliphatic carbocycles. The molecule has 0 unspecified atom stereocenters. The van der Waals surface area contributed by atoms with Gasteiger partial charge in [0, 0.05) is 26.3 Å². The molecule has 0 spiro atoms. The lowest BCUT2D eigenvalue weighted by Gasteiger charge is -2.12. The number of hydrazine groups is 1. The lowest BCUT2D eigenvalue weighted by atomic mass is 10.1. The highest BCUT2D eigenvalue weighted by atomic mass is 16.5. The summed E-state index contributed by atoms with van der Waals surface area (Å²) in [4.78, 5) is 4.49. The predicted octanol–water partition coefficient (Wildman–Crippen LogP) is 1.01. The number of hydrogen-bond donors (Lipinski definition) is 3. The maximum absolute atomic E-state index is 5.43. The third-order valence-electron chi connectivity index (χ3n) is 3.38. The Bertz CT molecular complexity index is 239. The maximum atomic E-state index is 5.43. The summed E-state index contributed by atoms with van der Waals surface area (Å²) >= 11 is 0. The SMILES string of the molecule is CCOCCCNC(=NCC1(CC)CC1)NN. The van der Waals surface area contributed by atoms with Gasteiger partial charge in [-0.2, -0.15) is 0 Å². The fourth-order valence-corrected chi connectivity index (χ4v) is 1.72. The molecule has 0 aromatic rings. The van der Waals surface area contributed by atoms with E-state index in [1.54, 1.807) is 0 Å². The maximum Gasteiger partial charge on any atom is 0.205 e. The number of ether oxygens (including phenoxy) is 1. The van der Waals surface area contributed by atoms with E-state index in [-0.39, 0.29) is 0 Å². The van der Waals surface area contributed by atoms with Crippen LogP contribution in [0.15, 0.2) is 4.99 Å². The van der Waals surface area contributed by atoms with Gasteiger partial charge in [-0.1, -0.05) is 6.92 Å². The van der Waals surface area contributed by atoms with E-state index in [0.717, 1.165) is 32.7 Å². The number of nitrogens with one attached hydrogen (secondary N) is 2. The average molecular weight is 242 g/mol. The number of aliphatic imine (C=N–C) groups is 1. The monoisotopic (exact) mass is 242 g/mol. The van der Waals surface area contributed by atoms with Gasteiger partial charge in [0.25, 0.3) is 0 Å². The minimum Gasteiger partial charge on any atom is -0.382 e. The third-order valence-corrected chi connectivity index (χ3v) is 3.38. The molecule has 1 aliphatic rings. The van der Waals surface area contributed by atoms with Crippen LogP contribution in [0, 0.1) is 5.41 Å². The summed E-state index contributed by atoms with van der Waals surface area (Å²) in [5, 5.41) is 3.19. The zero-order valence-corrected chi connectivity index (χ0v) is 11.1. The molecule has 0 atom stereocenters. The van der Waals surface area contributed by atoms with Crippen LogP contribution >= 0.6 is 0 Å². The molecule has 0 aromatic heterocycles. The van der Waals surface area contributed by atoms with Gasteiger partial charge >= 0.3 is 0 Å². The van der Waals surface area contributed by atoms with E-state index < -0.39 is 0 Å². The summed E-state index contributed by atoms with van der Waals surface area (Å²) in [6.07, 6.45) is 4.77. The number of guanidine groups is 1. The lowest BCUT2D eigenvalue weighted by molar-refractivity contribution is 0.145. The highest BCUT2D eigenvalue weighted by molar-refractivity contribution is 5.79. The second-order valence-electron chi connectivity index (χ2n) is 4.64. The molecule has 5 nitrogen and oxygen atoms in total. The van der Waals surface area contributed by atoms with Crippen LogP contribution in [0.1, 0.15) is 39.5 Å². The number of nitrogens with two attached hydrogens (primary N) is 1. The predicted molar refractivity (Wildman–Crippen MR) is 70.7 cm³/mol. The van der Waals surface area contributed by atoms with Gasteiger partial charge < -0.3 is 10.1 Å². The van der Waals surface area contributed by atoms with Crippen molar-refractivity contribution >= 4 is 5.96 Å². The molecule has 0 aliphatic heterocycles. The Labute approximate surface area is 104 Å². The van der Waals surface area contributed by atoms with E-state index in [2.05, 4.69) is 22.7 Å². The molecule has 0 heterocycles. The Morgan fingerprint density at radius 2 is 2.18 bits per heavy atom. The Hall–Kier alpha value is -0.810. The van der Waals surface area contributed by atoms with E-state index in [1.165, 1.54) is 19.3 Å². The van der Waals surface area contributed by atoms with E-state index in [4.69, 9.17) is 10.6 Å². The number of rotatable bonds is 8. The highest BCUT2D eigenvalue weighted by Crippen LogP contribution is 2.48. The van der Waals surface area contributed by atoms with Gasteiger partial charge in [0.2, 0.25) is 5.96 Å². The van der Waals surface area contributed by atoms with Gasteiger partial charge in [0.1, 0.15) is 0 Å². The zero-order valence-electron chi connectivity index (χ0n) is 11.1. The first-order valence-corrected chi connectivity index (χ1v) is 6.59. The molecule has 1 rings (SSSR count). The Balaban J connectivity index is 2.16. The van der Waals surface area contributed by atoms with Crippen molar-refractivity contribution in [2.75, 3.05) is 26.3 Å². The van der Waals surface area contributed by atoms with Crippen molar-refractivity contribution in [1.82, 2.24) is 10.7 Å². The fourth-order valence-electron chi connectivity index (χ4n) is 1.72. The zero-order chi connectivity index (χ0) is 12.6. The smallest absolute Gasteiger partial charge is 0.205 e. The van der Waals surface area contributed by atoms with Crippen molar-refractivity contribution in [3.05, 3.63) is 0 Å². The minimum atomic E-state index is 0.467. The molecule has 100 valence electrons. The van der Waals surface area contributed by atoms with Crippen molar-refractivity contribution in [3.63, 3.8) is 0 Å². The first kappa shape index (κ1) is 14.3. The molecule has 5 heteroatoms. The first-order valence-electron chi connectivity index (χ1n) is 6.59. The van der Waals surface area contributed by atoms with E-state index in [0.29, 0.717) is 11.4 Å². The summed E-state index contributed by atoms with van der Waals surface area (Å²) in [5.41, 5.74) is 3.08. The third kappa shape index (κ3) is 5.37. The van der Waals surface area contributed by atoms with Crippen LogP contribution in [0.25, 0.3) is 0 Å². The van der Waals surface area contributed by atoms with Gasteiger partial charge in [-0.05, 0) is 38.0 Å². The first-order chi connectivity index (χ1) is 8.26. The van der Waals surface area contributed by atoms with Crippen LogP contribution < -0.4 is 16.6 Å². The van der Waals surface area contributed by atoms with Gasteiger partial charge in [-0.3, -0.25) is 10.4 Å². The van der Waals surface area contributed by atoms with Crippen LogP contribution in [0.2, 0.25) is 0 Å². The van der Waals surface area contributed by atoms with Gasteiger partial charge in [-0.15, -0.1) is 0 Å². The molecular formula is C12H26N4O. The Morgan fingerprint density at radius 3 is 2.71 bits per heavy atom. The van der Waals surface area contributed by atoms with Crippen LogP contribution in [-0.2, 0) is 4.74 Å². The molecule has 17 heavy (non-hydrogen) atoms. The van der Waals surface area contributed by atoms with Gasteiger partial charge in [0.05, 0.1) is 0 Å². The number of nitrogens with zero attached hydrogens (tertiary/aromatic N) is 1. The van der Waals surface area contributed by atoms with E-state index >= 15 is 0 Å². The van der Waals surface area contributed by atoms with Crippen molar-refractivity contribution in [2.24, 2.45) is 16.3 Å². The summed E-state index contributed by atoms with van der Waals surface area (Å²) < 4.78 is 5.26. The molecule has 0 aromatic carbocycles. The average Bonchev–Trinajstić information content (AvgIpc) is 3.13. The molecule has 1 fully saturated rings. The summed E-state index contributed by atoms with van der Waals surface area (Å²) in [5.74, 6) is 6.13. The van der Waals surface area contributed by atoms with Crippen LogP contribution in [0.5, 0.6) is 0 Å². The van der Waals surface area contributed by atoms with Crippen molar-refractivity contribution in [3.8, 4) is 0 Å². The standard InChI is InChI=1S/C12H26N4O/c1-3-12(6-7-12)10-15-11(16-13)14-8-5-9-17-4-2/h3-10,13H2,1-2H3,(H2,14,15,16). The summed E-state index contributed by atoms with van der Waals surface area (Å²) in [6, 6.07) is 0. The molecule has 0 saturated heterocycles. The Morgan fingerprint density at radius 1 is 1.41 bits per heavy atom. The Kier molecular flexibility index (Phi) is 6.29.